The molecule has 1 saturated heterocycles. The van der Waals surface area contributed by atoms with Crippen LogP contribution in [0.3, 0.4) is 0 Å². The van der Waals surface area contributed by atoms with E-state index < -0.39 is 17.8 Å². The maximum absolute atomic E-state index is 12.6. The van der Waals surface area contributed by atoms with Crippen molar-refractivity contribution in [3.63, 3.8) is 0 Å². The first-order valence-corrected chi connectivity index (χ1v) is 10.7. The summed E-state index contributed by atoms with van der Waals surface area (Å²) in [7, 11) is 1.42. The molecule has 178 valence electrons. The molecule has 0 aromatic heterocycles. The lowest BCUT2D eigenvalue weighted by molar-refractivity contribution is -0.137. The van der Waals surface area contributed by atoms with E-state index in [1.54, 1.807) is 12.1 Å². The van der Waals surface area contributed by atoms with Crippen LogP contribution in [0.1, 0.15) is 35.2 Å². The Balaban J connectivity index is 1.52. The third-order valence-electron chi connectivity index (χ3n) is 5.31. The lowest BCUT2D eigenvalue weighted by atomic mass is 10.1. The number of nitrogens with one attached hydrogen (secondary N) is 3. The van der Waals surface area contributed by atoms with Crippen LogP contribution >= 0.6 is 0 Å². The molecule has 2 aromatic rings. The number of alkyl halides is 3. The van der Waals surface area contributed by atoms with Gasteiger partial charge in [-0.25, -0.2) is 4.79 Å². The molecule has 3 rings (SSSR count). The van der Waals surface area contributed by atoms with Crippen molar-refractivity contribution in [2.75, 3.05) is 43.9 Å². The summed E-state index contributed by atoms with van der Waals surface area (Å²) in [6.45, 7) is 3.73. The van der Waals surface area contributed by atoms with E-state index in [4.69, 9.17) is 4.74 Å². The summed E-state index contributed by atoms with van der Waals surface area (Å²) in [6.07, 6.45) is -1.13. The van der Waals surface area contributed by atoms with Gasteiger partial charge in [-0.2, -0.15) is 13.2 Å². The quantitative estimate of drug-likeness (QED) is 0.500. The summed E-state index contributed by atoms with van der Waals surface area (Å²) in [6, 6.07) is 8.06. The Morgan fingerprint density at radius 3 is 2.27 bits per heavy atom. The lowest BCUT2D eigenvalue weighted by Gasteiger charge is -2.15. The summed E-state index contributed by atoms with van der Waals surface area (Å²) in [5, 5.41) is 7.91. The summed E-state index contributed by atoms with van der Waals surface area (Å²) < 4.78 is 43.2. The van der Waals surface area contributed by atoms with Crippen LogP contribution in [0.15, 0.2) is 42.5 Å². The van der Waals surface area contributed by atoms with Crippen LogP contribution in [0.5, 0.6) is 5.75 Å². The first-order chi connectivity index (χ1) is 15.8. The van der Waals surface area contributed by atoms with Gasteiger partial charge in [0, 0.05) is 24.0 Å². The molecule has 0 atom stereocenters. The van der Waals surface area contributed by atoms with E-state index in [0.717, 1.165) is 38.2 Å². The van der Waals surface area contributed by atoms with Crippen molar-refractivity contribution < 1.29 is 27.5 Å². The van der Waals surface area contributed by atoms with Gasteiger partial charge in [0.05, 0.1) is 18.2 Å². The van der Waals surface area contributed by atoms with Gasteiger partial charge in [0.15, 0.2) is 0 Å². The fourth-order valence-electron chi connectivity index (χ4n) is 3.60. The van der Waals surface area contributed by atoms with E-state index in [2.05, 4.69) is 20.9 Å². The Morgan fingerprint density at radius 2 is 1.64 bits per heavy atom. The molecular weight excluding hydrogens is 437 g/mol. The van der Waals surface area contributed by atoms with Crippen LogP contribution in [-0.4, -0.2) is 50.1 Å². The molecule has 1 aliphatic rings. The molecule has 1 fully saturated rings. The first-order valence-electron chi connectivity index (χ1n) is 10.7. The smallest absolute Gasteiger partial charge is 0.416 e. The predicted molar refractivity (Wildman–Crippen MR) is 120 cm³/mol. The van der Waals surface area contributed by atoms with E-state index in [1.807, 2.05) is 0 Å². The molecule has 0 unspecified atom stereocenters. The molecule has 0 saturated carbocycles. The number of hydrogen-bond acceptors (Lipinski definition) is 4. The standard InChI is InChI=1S/C23H27F3N4O3/c1-33-20-15-18(29-22(32)28-17-7-5-16(6-8-17)23(24,25)26)9-10-19(20)21(31)27-11-4-14-30-12-2-3-13-30/h5-10,15H,2-4,11-14H2,1H3,(H,27,31)(H2,28,29,32). The fourth-order valence-corrected chi connectivity index (χ4v) is 3.60. The number of methoxy groups -OCH3 is 1. The van der Waals surface area contributed by atoms with Crippen LogP contribution in [-0.2, 0) is 6.18 Å². The number of amides is 3. The lowest BCUT2D eigenvalue weighted by Crippen LogP contribution is -2.29. The molecule has 3 amide bonds. The normalized spacial score (nSPS) is 14.1. The number of hydrogen-bond donors (Lipinski definition) is 3. The Bertz CT molecular complexity index is 958. The van der Waals surface area contributed by atoms with E-state index in [9.17, 15) is 22.8 Å². The van der Waals surface area contributed by atoms with Crippen molar-refractivity contribution in [1.29, 1.82) is 0 Å². The molecule has 3 N–H and O–H groups in total. The van der Waals surface area contributed by atoms with Crippen molar-refractivity contribution >= 4 is 23.3 Å². The molecule has 1 heterocycles. The number of urea groups is 1. The van der Waals surface area contributed by atoms with Gasteiger partial charge in [0.1, 0.15) is 5.75 Å². The number of carbonyl (C=O) groups excluding carboxylic acids is 2. The molecule has 0 spiro atoms. The average molecular weight is 464 g/mol. The molecule has 1 aliphatic heterocycles. The van der Waals surface area contributed by atoms with Gasteiger partial charge >= 0.3 is 12.2 Å². The van der Waals surface area contributed by atoms with Gasteiger partial charge < -0.3 is 25.6 Å². The van der Waals surface area contributed by atoms with Crippen LogP contribution < -0.4 is 20.7 Å². The summed E-state index contributed by atoms with van der Waals surface area (Å²) in [4.78, 5) is 27.1. The molecule has 10 heteroatoms. The van der Waals surface area contributed by atoms with E-state index >= 15 is 0 Å². The second kappa shape index (κ2) is 11.0. The van der Waals surface area contributed by atoms with E-state index in [0.29, 0.717) is 23.5 Å². The average Bonchev–Trinajstić information content (AvgIpc) is 3.29. The highest BCUT2D eigenvalue weighted by atomic mass is 19.4. The highest BCUT2D eigenvalue weighted by Gasteiger charge is 2.30. The van der Waals surface area contributed by atoms with Gasteiger partial charge in [0.2, 0.25) is 0 Å². The Labute approximate surface area is 190 Å². The molecule has 7 nitrogen and oxygen atoms in total. The second-order valence-corrected chi connectivity index (χ2v) is 7.73. The zero-order valence-electron chi connectivity index (χ0n) is 18.3. The Morgan fingerprint density at radius 1 is 1.00 bits per heavy atom. The molecule has 0 aliphatic carbocycles. The van der Waals surface area contributed by atoms with Gasteiger partial charge in [-0.3, -0.25) is 4.79 Å². The van der Waals surface area contributed by atoms with Crippen LogP contribution in [0.2, 0.25) is 0 Å². The molecule has 0 bridgehead atoms. The minimum atomic E-state index is -4.45. The first kappa shape index (κ1) is 24.4. The SMILES string of the molecule is COc1cc(NC(=O)Nc2ccc(C(F)(F)F)cc2)ccc1C(=O)NCCCN1CCCC1. The second-order valence-electron chi connectivity index (χ2n) is 7.73. The number of ether oxygens (including phenoxy) is 1. The topological polar surface area (TPSA) is 82.7 Å². The molecular formula is C23H27F3N4O3. The fraction of sp³-hybridized carbons (Fsp3) is 0.391. The summed E-state index contributed by atoms with van der Waals surface area (Å²) in [5.41, 5.74) is 0.106. The maximum atomic E-state index is 12.6. The highest BCUT2D eigenvalue weighted by molar-refractivity contribution is 6.01. The number of carbonyl (C=O) groups is 2. The van der Waals surface area contributed by atoms with Gasteiger partial charge in [-0.15, -0.1) is 0 Å². The Kier molecular flexibility index (Phi) is 8.16. The summed E-state index contributed by atoms with van der Waals surface area (Å²) >= 11 is 0. The number of anilines is 2. The van der Waals surface area contributed by atoms with Gasteiger partial charge in [0.25, 0.3) is 5.91 Å². The number of nitrogens with zero attached hydrogens (tertiary/aromatic N) is 1. The monoisotopic (exact) mass is 464 g/mol. The van der Waals surface area contributed by atoms with Gasteiger partial charge in [-0.05, 0) is 75.3 Å². The van der Waals surface area contributed by atoms with Crippen molar-refractivity contribution in [3.8, 4) is 5.75 Å². The molecule has 33 heavy (non-hydrogen) atoms. The molecule has 2 aromatic carbocycles. The van der Waals surface area contributed by atoms with Crippen molar-refractivity contribution in [2.45, 2.75) is 25.4 Å². The van der Waals surface area contributed by atoms with Gasteiger partial charge in [-0.1, -0.05) is 0 Å². The van der Waals surface area contributed by atoms with Crippen molar-refractivity contribution in [2.24, 2.45) is 0 Å². The number of rotatable bonds is 8. The van der Waals surface area contributed by atoms with E-state index in [1.165, 1.54) is 38.2 Å². The molecule has 0 radical (unpaired) electrons. The third-order valence-corrected chi connectivity index (χ3v) is 5.31. The minimum absolute atomic E-state index is 0.206. The minimum Gasteiger partial charge on any atom is -0.496 e. The maximum Gasteiger partial charge on any atom is 0.416 e. The van der Waals surface area contributed by atoms with Crippen LogP contribution in [0.4, 0.5) is 29.3 Å². The van der Waals surface area contributed by atoms with Crippen molar-refractivity contribution in [1.82, 2.24) is 10.2 Å². The van der Waals surface area contributed by atoms with Crippen molar-refractivity contribution in [3.05, 3.63) is 53.6 Å². The number of halogens is 3. The number of likely N-dealkylation sites (tertiary alicyclic amines) is 1. The number of benzene rings is 2. The van der Waals surface area contributed by atoms with Crippen LogP contribution in [0, 0.1) is 0 Å². The predicted octanol–water partition coefficient (Wildman–Crippen LogP) is 4.57. The zero-order valence-corrected chi connectivity index (χ0v) is 18.3. The highest BCUT2D eigenvalue weighted by Crippen LogP contribution is 2.30. The largest absolute Gasteiger partial charge is 0.496 e. The zero-order chi connectivity index (χ0) is 23.8. The third kappa shape index (κ3) is 7.11. The Hall–Kier alpha value is -3.27. The van der Waals surface area contributed by atoms with Crippen LogP contribution in [0.25, 0.3) is 0 Å². The summed E-state index contributed by atoms with van der Waals surface area (Å²) in [5.74, 6) is 0.0217. The van der Waals surface area contributed by atoms with E-state index in [-0.39, 0.29) is 11.6 Å².